The van der Waals surface area contributed by atoms with Crippen LogP contribution in [0.2, 0.25) is 0 Å². The Morgan fingerprint density at radius 1 is 0.429 bits per heavy atom. The highest BCUT2D eigenvalue weighted by Crippen LogP contribution is 2.67. The van der Waals surface area contributed by atoms with Gasteiger partial charge in [-0.25, -0.2) is 0 Å². The molecule has 0 radical (unpaired) electrons. The van der Waals surface area contributed by atoms with Gasteiger partial charge in [-0.05, 0) is 153 Å². The zero-order chi connectivity index (χ0) is 54.7. The van der Waals surface area contributed by atoms with E-state index in [0.29, 0.717) is 0 Å². The third-order valence-electron chi connectivity index (χ3n) is 22.0. The predicted molar refractivity (Wildman–Crippen MR) is 332 cm³/mol. The SMILES string of the molecule is CC(C)(C)c1ccc2c(c1)C1=C(B3c4cc(C(C)(C)C)cc5c4N(c4cc(N6c7ccc(C(C)(C)C)cc7C7(C)CCCCC67C)cc(c43)N1c1ccc(C(C)(C)C)cc1-c1ccccc1)C1(C)CCCCC51C)C2(C)C. The van der Waals surface area contributed by atoms with Crippen molar-refractivity contribution in [2.24, 2.45) is 0 Å². The van der Waals surface area contributed by atoms with Gasteiger partial charge in [-0.3, -0.25) is 0 Å². The fraction of sp³-hybridized carbons (Fsp3) is 0.479. The van der Waals surface area contributed by atoms with Gasteiger partial charge in [-0.15, -0.1) is 0 Å². The molecule has 2 fully saturated rings. The van der Waals surface area contributed by atoms with Gasteiger partial charge in [0.15, 0.2) is 0 Å². The summed E-state index contributed by atoms with van der Waals surface area (Å²) in [5, 5.41) is 0. The van der Waals surface area contributed by atoms with E-state index in [1.54, 1.807) is 16.6 Å². The molecule has 2 saturated carbocycles. The molecule has 4 atom stereocenters. The molecule has 3 aliphatic carbocycles. The van der Waals surface area contributed by atoms with Gasteiger partial charge in [0.2, 0.25) is 6.71 Å². The van der Waals surface area contributed by atoms with Crippen molar-refractivity contribution >= 4 is 57.5 Å². The fourth-order valence-electron chi connectivity index (χ4n) is 16.8. The standard InChI is InChI=1S/C73H88BN3/c1-65(2,3)46-28-31-53-52(39-46)62-64(69(53,13)14)74-56-42-49(68(10,11)12)41-55-63(56)77(73(18)37-25-23-35-71(55,73)16)60-44-50(76-58-33-30-48(67(7,8)9)40-54(58)70(15)34-22-24-36-72(70,76)17)43-59(61(60)74)75(62)57-32-29-47(66(4,5)6)38-51(57)45-26-20-19-21-27-45/h19-21,26-33,38-44H,22-25,34-37H2,1-18H3. The molecule has 4 heteroatoms. The summed E-state index contributed by atoms with van der Waals surface area (Å²) < 4.78 is 0. The Morgan fingerprint density at radius 2 is 0.935 bits per heavy atom. The van der Waals surface area contributed by atoms with Crippen LogP contribution in [0.3, 0.4) is 0 Å². The largest absolute Gasteiger partial charge is 0.335 e. The molecule has 6 aromatic rings. The number of hydrogen-bond donors (Lipinski definition) is 0. The summed E-state index contributed by atoms with van der Waals surface area (Å²) >= 11 is 0. The van der Waals surface area contributed by atoms with E-state index in [-0.39, 0.29) is 55.7 Å². The van der Waals surface area contributed by atoms with E-state index in [1.165, 1.54) is 140 Å². The van der Waals surface area contributed by atoms with Gasteiger partial charge in [0, 0.05) is 61.5 Å². The Hall–Kier alpha value is -5.48. The van der Waals surface area contributed by atoms with Crippen LogP contribution in [0.15, 0.2) is 115 Å². The van der Waals surface area contributed by atoms with Crippen molar-refractivity contribution in [3.8, 4) is 11.1 Å². The Bertz CT molecular complexity index is 3530. The first-order valence-corrected chi connectivity index (χ1v) is 30.0. The third kappa shape index (κ3) is 6.75. The molecular weight excluding hydrogens is 930 g/mol. The van der Waals surface area contributed by atoms with E-state index in [4.69, 9.17) is 0 Å². The maximum absolute atomic E-state index is 3.00. The molecule has 0 aromatic heterocycles. The molecule has 0 bridgehead atoms. The first-order chi connectivity index (χ1) is 35.9. The van der Waals surface area contributed by atoms with Crippen LogP contribution in [-0.4, -0.2) is 17.8 Å². The van der Waals surface area contributed by atoms with Crippen LogP contribution in [0, 0.1) is 0 Å². The molecule has 6 aromatic carbocycles. The molecule has 0 N–H and O–H groups in total. The van der Waals surface area contributed by atoms with Crippen molar-refractivity contribution < 1.29 is 0 Å². The summed E-state index contributed by atoms with van der Waals surface area (Å²) in [6.07, 6.45) is 9.73. The quantitative estimate of drug-likeness (QED) is 0.164. The first-order valence-electron chi connectivity index (χ1n) is 30.0. The number of allylic oxidation sites excluding steroid dienone is 1. The summed E-state index contributed by atoms with van der Waals surface area (Å²) in [5.74, 6) is 0. The molecule has 77 heavy (non-hydrogen) atoms. The van der Waals surface area contributed by atoms with Crippen molar-refractivity contribution in [2.75, 3.05) is 14.7 Å². The lowest BCUT2D eigenvalue weighted by molar-refractivity contribution is 0.194. The molecule has 4 heterocycles. The average molecular weight is 1020 g/mol. The average Bonchev–Trinajstić information content (AvgIpc) is 4.09. The van der Waals surface area contributed by atoms with Gasteiger partial charge in [-0.2, -0.15) is 0 Å². The van der Waals surface area contributed by atoms with Gasteiger partial charge in [0.05, 0.1) is 16.8 Å². The molecule has 4 unspecified atom stereocenters. The maximum Gasteiger partial charge on any atom is 0.248 e. The molecule has 4 aliphatic heterocycles. The second-order valence-electron chi connectivity index (χ2n) is 30.9. The molecule has 398 valence electrons. The van der Waals surface area contributed by atoms with Gasteiger partial charge < -0.3 is 14.7 Å². The van der Waals surface area contributed by atoms with Crippen LogP contribution in [0.1, 0.15) is 221 Å². The monoisotopic (exact) mass is 1020 g/mol. The lowest BCUT2D eigenvalue weighted by atomic mass is 9.30. The topological polar surface area (TPSA) is 9.72 Å². The Morgan fingerprint density at radius 3 is 1.55 bits per heavy atom. The minimum Gasteiger partial charge on any atom is -0.335 e. The highest BCUT2D eigenvalue weighted by atomic mass is 15.3. The Balaban J connectivity index is 1.22. The highest BCUT2D eigenvalue weighted by Gasteiger charge is 2.64. The Labute approximate surface area is 465 Å². The van der Waals surface area contributed by atoms with Crippen molar-refractivity contribution in [1.29, 1.82) is 0 Å². The molecular formula is C73H88BN3. The molecule has 0 saturated heterocycles. The van der Waals surface area contributed by atoms with Gasteiger partial charge in [-0.1, -0.05) is 215 Å². The number of fused-ring (bicyclic) bond motifs is 11. The Kier molecular flexibility index (Phi) is 10.5. The molecule has 3 nitrogen and oxygen atoms in total. The van der Waals surface area contributed by atoms with Crippen LogP contribution < -0.4 is 25.6 Å². The second kappa shape index (κ2) is 15.9. The summed E-state index contributed by atoms with van der Waals surface area (Å²) in [6, 6.07) is 45.0. The number of anilines is 6. The number of benzene rings is 6. The third-order valence-corrected chi connectivity index (χ3v) is 22.0. The van der Waals surface area contributed by atoms with Gasteiger partial charge >= 0.3 is 0 Å². The molecule has 0 spiro atoms. The predicted octanol–water partition coefficient (Wildman–Crippen LogP) is 18.3. The van der Waals surface area contributed by atoms with Gasteiger partial charge in [0.1, 0.15) is 0 Å². The fourth-order valence-corrected chi connectivity index (χ4v) is 16.8. The second-order valence-corrected chi connectivity index (χ2v) is 30.9. The lowest BCUT2D eigenvalue weighted by Gasteiger charge is -2.54. The normalized spacial score (nSPS) is 25.8. The zero-order valence-electron chi connectivity index (χ0n) is 50.5. The van der Waals surface area contributed by atoms with E-state index in [2.05, 4.69) is 249 Å². The van der Waals surface area contributed by atoms with Crippen molar-refractivity contribution in [2.45, 2.75) is 225 Å². The number of hydrogen-bond acceptors (Lipinski definition) is 3. The van der Waals surface area contributed by atoms with E-state index < -0.39 is 0 Å². The lowest BCUT2D eigenvalue weighted by Crippen LogP contribution is -2.62. The van der Waals surface area contributed by atoms with Gasteiger partial charge in [0.25, 0.3) is 0 Å². The van der Waals surface area contributed by atoms with Crippen molar-refractivity contribution in [3.63, 3.8) is 0 Å². The van der Waals surface area contributed by atoms with E-state index >= 15 is 0 Å². The van der Waals surface area contributed by atoms with Crippen LogP contribution in [0.4, 0.5) is 34.1 Å². The van der Waals surface area contributed by atoms with Crippen molar-refractivity contribution in [3.05, 3.63) is 159 Å². The molecule has 7 aliphatic rings. The zero-order valence-corrected chi connectivity index (χ0v) is 50.5. The minimum absolute atomic E-state index is 0.0152. The van der Waals surface area contributed by atoms with Crippen LogP contribution in [-0.2, 0) is 37.9 Å². The molecule has 0 amide bonds. The number of nitrogens with zero attached hydrogens (tertiary/aromatic N) is 3. The maximum atomic E-state index is 3.00. The summed E-state index contributed by atoms with van der Waals surface area (Å²) in [4.78, 5) is 8.76. The molecule has 13 rings (SSSR count). The van der Waals surface area contributed by atoms with E-state index in [1.807, 2.05) is 0 Å². The van der Waals surface area contributed by atoms with Crippen LogP contribution in [0.25, 0.3) is 16.8 Å². The number of rotatable bonds is 3. The highest BCUT2D eigenvalue weighted by molar-refractivity contribution is 6.96. The smallest absolute Gasteiger partial charge is 0.248 e. The van der Waals surface area contributed by atoms with Crippen LogP contribution in [0.5, 0.6) is 0 Å². The minimum atomic E-state index is -0.280. The van der Waals surface area contributed by atoms with E-state index in [0.717, 1.165) is 6.42 Å². The first kappa shape index (κ1) is 51.0. The summed E-state index contributed by atoms with van der Waals surface area (Å²) in [5.41, 5.74) is 27.7. The van der Waals surface area contributed by atoms with Crippen LogP contribution >= 0.6 is 0 Å². The van der Waals surface area contributed by atoms with E-state index in [9.17, 15) is 0 Å². The summed E-state index contributed by atoms with van der Waals surface area (Å²) in [7, 11) is 0. The van der Waals surface area contributed by atoms with Crippen molar-refractivity contribution in [1.82, 2.24) is 0 Å². The summed E-state index contributed by atoms with van der Waals surface area (Å²) in [6.45, 7) is 44.7.